The first-order valence-electron chi connectivity index (χ1n) is 16.4. The van der Waals surface area contributed by atoms with E-state index in [1.165, 1.54) is 22.8 Å². The van der Waals surface area contributed by atoms with Crippen molar-refractivity contribution >= 4 is 75.0 Å². The van der Waals surface area contributed by atoms with Gasteiger partial charge < -0.3 is 25.4 Å². The molecule has 0 radical (unpaired) electrons. The third kappa shape index (κ3) is 5.75. The number of ether oxygens (including phenoxy) is 1. The molecule has 6 atom stereocenters. The van der Waals surface area contributed by atoms with E-state index < -0.39 is 45.3 Å². The molecule has 3 amide bonds. The molecule has 3 saturated heterocycles. The number of alkyl halides is 3. The monoisotopic (exact) mass is 743 g/mol. The van der Waals surface area contributed by atoms with Crippen LogP contribution in [0.2, 0.25) is 0 Å². The summed E-state index contributed by atoms with van der Waals surface area (Å²) in [6.07, 6.45) is 6.38. The van der Waals surface area contributed by atoms with Gasteiger partial charge in [-0.25, -0.2) is 4.79 Å². The Morgan fingerprint density at radius 3 is 2.54 bits per heavy atom. The van der Waals surface area contributed by atoms with E-state index in [9.17, 15) is 24.3 Å². The van der Waals surface area contributed by atoms with E-state index in [4.69, 9.17) is 44.6 Å². The van der Waals surface area contributed by atoms with Gasteiger partial charge in [-0.1, -0.05) is 83.3 Å². The Bertz CT molecular complexity index is 1910. The first-order valence-corrected chi connectivity index (χ1v) is 17.5. The van der Waals surface area contributed by atoms with Gasteiger partial charge in [0, 0.05) is 42.7 Å². The second kappa shape index (κ2) is 12.5. The Morgan fingerprint density at radius 1 is 1.12 bits per heavy atom. The number of rotatable bonds is 4. The van der Waals surface area contributed by atoms with Crippen LogP contribution in [-0.2, 0) is 36.8 Å². The number of aliphatic carboxylic acids is 1. The average Bonchev–Trinajstić information content (AvgIpc) is 3.78. The SMILES string of the molecule is CN1C[C@@H](C(=O)N[C@]2(C)O[C@@]3(O)[C@@H]4CCCN4C(=O)[C@H](Cc4ccccc4)N3C2=O)C=C2c3cccc4[nH]cc(c34)C[C@H]21.O=C(O)C(Cl)(Cl)Cl. The Labute approximate surface area is 302 Å². The average molecular weight is 745 g/mol. The third-order valence-corrected chi connectivity index (χ3v) is 10.9. The minimum absolute atomic E-state index is 0.144. The lowest BCUT2D eigenvalue weighted by Crippen LogP contribution is -2.71. The number of carboxylic acid groups (broad SMARTS) is 1. The van der Waals surface area contributed by atoms with Crippen molar-refractivity contribution in [3.8, 4) is 0 Å². The highest BCUT2D eigenvalue weighted by molar-refractivity contribution is 6.75. The predicted molar refractivity (Wildman–Crippen MR) is 186 cm³/mol. The quantitative estimate of drug-likeness (QED) is 0.297. The molecule has 0 spiro atoms. The molecule has 8 rings (SSSR count). The number of hydrogen-bond donors (Lipinski definition) is 4. The number of aromatic amines is 1. The van der Waals surface area contributed by atoms with E-state index in [0.717, 1.165) is 28.6 Å². The molecule has 4 aliphatic heterocycles. The first-order chi connectivity index (χ1) is 23.6. The zero-order chi connectivity index (χ0) is 35.7. The number of nitrogens with one attached hydrogen (secondary N) is 2. The van der Waals surface area contributed by atoms with Crippen LogP contribution in [0.3, 0.4) is 0 Å². The van der Waals surface area contributed by atoms with Gasteiger partial charge in [0.05, 0.1) is 5.92 Å². The van der Waals surface area contributed by atoms with Crippen molar-refractivity contribution < 1.29 is 34.1 Å². The highest BCUT2D eigenvalue weighted by Gasteiger charge is 2.70. The second-order valence-corrected chi connectivity index (χ2v) is 15.9. The summed E-state index contributed by atoms with van der Waals surface area (Å²) in [4.78, 5) is 59.8. The van der Waals surface area contributed by atoms with E-state index >= 15 is 0 Å². The zero-order valence-electron chi connectivity index (χ0n) is 27.2. The van der Waals surface area contributed by atoms with Gasteiger partial charge in [-0.3, -0.25) is 28.9 Å². The van der Waals surface area contributed by atoms with E-state index in [1.54, 1.807) is 4.90 Å². The number of benzene rings is 2. The van der Waals surface area contributed by atoms with Crippen LogP contribution in [0.15, 0.2) is 60.8 Å². The topological polar surface area (TPSA) is 156 Å². The van der Waals surface area contributed by atoms with Crippen LogP contribution in [-0.4, -0.2) is 107 Å². The van der Waals surface area contributed by atoms with Crippen molar-refractivity contribution in [1.82, 2.24) is 25.0 Å². The summed E-state index contributed by atoms with van der Waals surface area (Å²) in [6, 6.07) is 14.1. The van der Waals surface area contributed by atoms with Crippen LogP contribution < -0.4 is 5.32 Å². The summed E-state index contributed by atoms with van der Waals surface area (Å²) >= 11 is 14.4. The predicted octanol–water partition coefficient (Wildman–Crippen LogP) is 3.43. The minimum Gasteiger partial charge on any atom is -0.478 e. The number of likely N-dealkylation sites (N-methyl/N-ethyl adjacent to an activating group) is 1. The van der Waals surface area contributed by atoms with Gasteiger partial charge in [-0.2, -0.15) is 0 Å². The van der Waals surface area contributed by atoms with Crippen LogP contribution in [0.5, 0.6) is 0 Å². The number of nitrogens with zero attached hydrogens (tertiary/aromatic N) is 3. The van der Waals surface area contributed by atoms with Crippen LogP contribution in [0.25, 0.3) is 16.5 Å². The molecule has 0 unspecified atom stereocenters. The Morgan fingerprint density at radius 2 is 1.84 bits per heavy atom. The summed E-state index contributed by atoms with van der Waals surface area (Å²) in [7, 11) is 2.02. The Balaban J connectivity index is 0.000000510. The summed E-state index contributed by atoms with van der Waals surface area (Å²) < 4.78 is 4.06. The van der Waals surface area contributed by atoms with Gasteiger partial charge in [-0.15, -0.1) is 0 Å². The van der Waals surface area contributed by atoms with E-state index in [-0.39, 0.29) is 24.3 Å². The first kappa shape index (κ1) is 34.8. The lowest BCUT2D eigenvalue weighted by molar-refractivity contribution is -0.315. The lowest BCUT2D eigenvalue weighted by atomic mass is 9.79. The molecule has 15 heteroatoms. The highest BCUT2D eigenvalue weighted by atomic mass is 35.6. The second-order valence-electron chi connectivity index (χ2n) is 13.6. The largest absolute Gasteiger partial charge is 0.478 e. The number of hydrogen-bond acceptors (Lipinski definition) is 7. The van der Waals surface area contributed by atoms with Gasteiger partial charge >= 0.3 is 5.97 Å². The number of piperazine rings is 1. The molecule has 1 aromatic heterocycles. The number of carboxylic acids is 1. The van der Waals surface area contributed by atoms with E-state index in [2.05, 4.69) is 33.5 Å². The molecule has 3 aromatic rings. The fraction of sp³-hybridized carbons (Fsp3) is 0.429. The molecule has 5 heterocycles. The van der Waals surface area contributed by atoms with Gasteiger partial charge in [0.1, 0.15) is 12.1 Å². The van der Waals surface area contributed by atoms with E-state index in [0.29, 0.717) is 25.9 Å². The summed E-state index contributed by atoms with van der Waals surface area (Å²) in [6.45, 7) is 2.45. The molecule has 0 saturated carbocycles. The number of halogens is 3. The fourth-order valence-corrected chi connectivity index (χ4v) is 8.12. The maximum absolute atomic E-state index is 14.2. The normalized spacial score (nSPS) is 30.2. The summed E-state index contributed by atoms with van der Waals surface area (Å²) in [5.74, 6) is -5.23. The number of aliphatic hydroxyl groups is 1. The van der Waals surface area contributed by atoms with Crippen LogP contribution in [0.4, 0.5) is 0 Å². The molecular weight excluding hydrogens is 709 g/mol. The van der Waals surface area contributed by atoms with Crippen LogP contribution in [0.1, 0.15) is 36.5 Å². The Hall–Kier alpha value is -3.65. The number of amides is 3. The van der Waals surface area contributed by atoms with Crippen molar-refractivity contribution in [2.45, 2.75) is 66.2 Å². The van der Waals surface area contributed by atoms with Gasteiger partial charge in [0.25, 0.3) is 15.6 Å². The van der Waals surface area contributed by atoms with Crippen molar-refractivity contribution in [3.63, 3.8) is 0 Å². The molecule has 5 aliphatic rings. The van der Waals surface area contributed by atoms with Crippen molar-refractivity contribution in [1.29, 1.82) is 0 Å². The molecule has 50 heavy (non-hydrogen) atoms. The standard InChI is InChI=1S/C33H35N5O5.C2HCl3O2/c1-32(35-29(39)21-15-23-22-10-6-11-24-28(22)20(17-34-24)16-25(23)36(2)18-21)31(41)38-26(14-19-8-4-3-5-9-19)30(40)37-13-7-12-27(37)33(38,42)43-32;3-2(4,5)1(6)7/h3-6,8-11,15,17,21,25-27,34,42H,7,12-14,16,18H2,1-2H3,(H,35,39);(H,6,7)/t21-,25+,26-,27-,32+,33-;/m0./s1. The molecule has 2 aromatic carbocycles. The number of carbonyl (C=O) groups excluding carboxylic acids is 3. The molecule has 12 nitrogen and oxygen atoms in total. The van der Waals surface area contributed by atoms with Crippen LogP contribution >= 0.6 is 34.8 Å². The molecule has 0 bridgehead atoms. The van der Waals surface area contributed by atoms with Crippen molar-refractivity contribution in [2.75, 3.05) is 20.1 Å². The van der Waals surface area contributed by atoms with Crippen LogP contribution in [0, 0.1) is 5.92 Å². The Kier molecular flexibility index (Phi) is 8.72. The smallest absolute Gasteiger partial charge is 0.356 e. The van der Waals surface area contributed by atoms with Crippen molar-refractivity contribution in [3.05, 3.63) is 77.5 Å². The van der Waals surface area contributed by atoms with Gasteiger partial charge in [0.15, 0.2) is 0 Å². The van der Waals surface area contributed by atoms with Crippen molar-refractivity contribution in [2.24, 2.45) is 5.92 Å². The summed E-state index contributed by atoms with van der Waals surface area (Å²) in [5, 5.41) is 24.0. The third-order valence-electron chi connectivity index (χ3n) is 10.4. The number of fused-ring (bicyclic) bond motifs is 5. The molecule has 3 fully saturated rings. The molecule has 1 aliphatic carbocycles. The summed E-state index contributed by atoms with van der Waals surface area (Å²) in [5.41, 5.74) is 3.58. The maximum Gasteiger partial charge on any atom is 0.356 e. The molecular formula is C35H36Cl3N5O7. The molecule has 264 valence electrons. The zero-order valence-corrected chi connectivity index (χ0v) is 29.5. The molecule has 4 N–H and O–H groups in total. The van der Waals surface area contributed by atoms with Gasteiger partial charge in [-0.05, 0) is 61.6 Å². The number of aromatic nitrogens is 1. The fourth-order valence-electron chi connectivity index (χ4n) is 8.12. The number of H-pyrrole nitrogens is 1. The van der Waals surface area contributed by atoms with E-state index in [1.807, 2.05) is 49.5 Å². The highest BCUT2D eigenvalue weighted by Crippen LogP contribution is 2.46. The van der Waals surface area contributed by atoms with Gasteiger partial charge in [0.2, 0.25) is 17.5 Å². The lowest BCUT2D eigenvalue weighted by Gasteiger charge is -2.48. The maximum atomic E-state index is 14.2. The minimum atomic E-state index is -2.17. The number of carbonyl (C=O) groups is 4.